The molecule has 3 nitrogen and oxygen atoms in total. The summed E-state index contributed by atoms with van der Waals surface area (Å²) in [6.45, 7) is 16.8. The number of nitrogens with zero attached hydrogens (tertiary/aromatic N) is 2. The smallest absolute Gasteiger partial charge is 0.128 e. The van der Waals surface area contributed by atoms with Gasteiger partial charge in [-0.2, -0.15) is 0 Å². The Labute approximate surface area is 130 Å². The van der Waals surface area contributed by atoms with E-state index in [1.807, 2.05) is 6.20 Å². The average molecular weight is 289 g/mol. The first kappa shape index (κ1) is 16.3. The maximum absolute atomic E-state index is 4.58. The van der Waals surface area contributed by atoms with Crippen molar-refractivity contribution in [2.45, 2.75) is 60.0 Å². The van der Waals surface area contributed by atoms with Crippen molar-refractivity contribution >= 4 is 5.82 Å². The van der Waals surface area contributed by atoms with Crippen LogP contribution in [0.15, 0.2) is 18.3 Å². The van der Waals surface area contributed by atoms with Gasteiger partial charge in [-0.1, -0.05) is 20.8 Å². The second-order valence-corrected chi connectivity index (χ2v) is 8.42. The normalized spacial score (nSPS) is 20.1. The maximum atomic E-state index is 4.58. The van der Waals surface area contributed by atoms with Gasteiger partial charge in [0.1, 0.15) is 5.82 Å². The van der Waals surface area contributed by atoms with Gasteiger partial charge in [-0.3, -0.25) is 0 Å². The third kappa shape index (κ3) is 4.70. The molecule has 0 spiro atoms. The summed E-state index contributed by atoms with van der Waals surface area (Å²) in [5.74, 6) is 1.89. The molecule has 1 aromatic rings. The molecule has 0 bridgehead atoms. The lowest BCUT2D eigenvalue weighted by Crippen LogP contribution is -2.35. The summed E-state index contributed by atoms with van der Waals surface area (Å²) < 4.78 is 0. The van der Waals surface area contributed by atoms with Gasteiger partial charge in [0.25, 0.3) is 0 Å². The fourth-order valence-electron chi connectivity index (χ4n) is 2.79. The summed E-state index contributed by atoms with van der Waals surface area (Å²) in [4.78, 5) is 7.02. The van der Waals surface area contributed by atoms with E-state index in [9.17, 15) is 0 Å². The molecule has 1 atom stereocenters. The van der Waals surface area contributed by atoms with Crippen molar-refractivity contribution in [3.63, 3.8) is 0 Å². The third-order valence-corrected chi connectivity index (χ3v) is 4.37. The van der Waals surface area contributed by atoms with Gasteiger partial charge < -0.3 is 10.2 Å². The van der Waals surface area contributed by atoms with E-state index < -0.39 is 0 Å². The lowest BCUT2D eigenvalue weighted by Gasteiger charge is -2.27. The monoisotopic (exact) mass is 289 g/mol. The van der Waals surface area contributed by atoms with Gasteiger partial charge in [-0.05, 0) is 56.2 Å². The highest BCUT2D eigenvalue weighted by Crippen LogP contribution is 2.35. The molecule has 0 saturated carbocycles. The lowest BCUT2D eigenvalue weighted by atomic mass is 9.80. The fraction of sp³-hybridized carbons (Fsp3) is 0.722. The van der Waals surface area contributed by atoms with E-state index in [4.69, 9.17) is 0 Å². The molecular weight excluding hydrogens is 258 g/mol. The van der Waals surface area contributed by atoms with Crippen molar-refractivity contribution in [1.29, 1.82) is 0 Å². The van der Waals surface area contributed by atoms with Crippen LogP contribution in [0, 0.1) is 11.3 Å². The van der Waals surface area contributed by atoms with Crippen LogP contribution in [0.4, 0.5) is 5.82 Å². The molecule has 2 heterocycles. The second kappa shape index (κ2) is 5.96. The van der Waals surface area contributed by atoms with Crippen LogP contribution in [0.2, 0.25) is 0 Å². The van der Waals surface area contributed by atoms with Crippen LogP contribution in [-0.2, 0) is 6.54 Å². The number of hydrogen-bond donors (Lipinski definition) is 1. The Morgan fingerprint density at radius 3 is 2.52 bits per heavy atom. The Morgan fingerprint density at radius 2 is 1.95 bits per heavy atom. The van der Waals surface area contributed by atoms with E-state index in [1.54, 1.807) is 0 Å². The summed E-state index contributed by atoms with van der Waals surface area (Å²) in [5.41, 5.74) is 1.85. The lowest BCUT2D eigenvalue weighted by molar-refractivity contribution is 0.263. The van der Waals surface area contributed by atoms with E-state index in [-0.39, 0.29) is 5.54 Å². The molecule has 0 radical (unpaired) electrons. The molecule has 0 aromatic carbocycles. The molecule has 1 saturated heterocycles. The zero-order valence-electron chi connectivity index (χ0n) is 14.5. The molecule has 2 rings (SSSR count). The van der Waals surface area contributed by atoms with Crippen molar-refractivity contribution in [3.05, 3.63) is 23.9 Å². The van der Waals surface area contributed by atoms with E-state index in [2.05, 4.69) is 68.9 Å². The van der Waals surface area contributed by atoms with Gasteiger partial charge in [-0.15, -0.1) is 0 Å². The average Bonchev–Trinajstić information content (AvgIpc) is 2.85. The largest absolute Gasteiger partial charge is 0.356 e. The molecule has 3 heteroatoms. The van der Waals surface area contributed by atoms with Gasteiger partial charge in [0.15, 0.2) is 0 Å². The quantitative estimate of drug-likeness (QED) is 0.916. The highest BCUT2D eigenvalue weighted by molar-refractivity contribution is 5.42. The van der Waals surface area contributed by atoms with Crippen molar-refractivity contribution in [3.8, 4) is 0 Å². The summed E-state index contributed by atoms with van der Waals surface area (Å²) >= 11 is 0. The third-order valence-electron chi connectivity index (χ3n) is 4.37. The van der Waals surface area contributed by atoms with Crippen LogP contribution in [0.3, 0.4) is 0 Å². The molecule has 1 aromatic heterocycles. The molecule has 1 fully saturated rings. The Balaban J connectivity index is 2.02. The van der Waals surface area contributed by atoms with Crippen molar-refractivity contribution in [1.82, 2.24) is 10.3 Å². The summed E-state index contributed by atoms with van der Waals surface area (Å²) in [6.07, 6.45) is 3.22. The summed E-state index contributed by atoms with van der Waals surface area (Å²) in [7, 11) is 0. The minimum absolute atomic E-state index is 0.147. The topological polar surface area (TPSA) is 28.2 Å². The number of hydrogen-bond acceptors (Lipinski definition) is 3. The van der Waals surface area contributed by atoms with E-state index in [0.717, 1.165) is 31.4 Å². The predicted octanol–water partition coefficient (Wildman–Crippen LogP) is 3.84. The van der Waals surface area contributed by atoms with Crippen LogP contribution >= 0.6 is 0 Å². The zero-order valence-corrected chi connectivity index (χ0v) is 14.5. The van der Waals surface area contributed by atoms with E-state index in [0.29, 0.717) is 5.41 Å². The molecule has 0 amide bonds. The summed E-state index contributed by atoms with van der Waals surface area (Å²) in [6, 6.07) is 4.35. The molecule has 1 N–H and O–H groups in total. The Kier molecular flexibility index (Phi) is 4.62. The minimum atomic E-state index is 0.147. The zero-order chi connectivity index (χ0) is 15.7. The molecule has 0 aliphatic carbocycles. The SMILES string of the molecule is CC(C)(C)NCc1ccnc(N2CCC(C(C)(C)C)C2)c1. The van der Waals surface area contributed by atoms with Crippen molar-refractivity contribution < 1.29 is 0 Å². The van der Waals surface area contributed by atoms with E-state index >= 15 is 0 Å². The number of aromatic nitrogens is 1. The first-order valence-electron chi connectivity index (χ1n) is 8.10. The van der Waals surface area contributed by atoms with E-state index in [1.165, 1.54) is 12.0 Å². The maximum Gasteiger partial charge on any atom is 0.128 e. The van der Waals surface area contributed by atoms with Gasteiger partial charge in [0.2, 0.25) is 0 Å². The van der Waals surface area contributed by atoms with Crippen LogP contribution in [0.1, 0.15) is 53.5 Å². The molecule has 118 valence electrons. The minimum Gasteiger partial charge on any atom is -0.356 e. The first-order valence-corrected chi connectivity index (χ1v) is 8.10. The Morgan fingerprint density at radius 1 is 1.24 bits per heavy atom. The van der Waals surface area contributed by atoms with Crippen molar-refractivity contribution in [2.75, 3.05) is 18.0 Å². The van der Waals surface area contributed by atoms with Gasteiger partial charge in [0.05, 0.1) is 0 Å². The first-order chi connectivity index (χ1) is 9.65. The van der Waals surface area contributed by atoms with Crippen LogP contribution in [0.25, 0.3) is 0 Å². The predicted molar refractivity (Wildman–Crippen MR) is 90.6 cm³/mol. The molecule has 1 aliphatic rings. The molecular formula is C18H31N3. The van der Waals surface area contributed by atoms with Crippen LogP contribution in [-0.4, -0.2) is 23.6 Å². The standard InChI is InChI=1S/C18H31N3/c1-17(2,3)15-8-10-21(13-15)16-11-14(7-9-19-16)12-20-18(4,5)6/h7,9,11,15,20H,8,10,12-13H2,1-6H3. The Bertz CT molecular complexity index is 468. The molecule has 1 aliphatic heterocycles. The van der Waals surface area contributed by atoms with Gasteiger partial charge in [0, 0.05) is 31.4 Å². The molecule has 21 heavy (non-hydrogen) atoms. The number of anilines is 1. The van der Waals surface area contributed by atoms with Gasteiger partial charge in [-0.25, -0.2) is 4.98 Å². The number of pyridine rings is 1. The Hall–Kier alpha value is -1.09. The number of nitrogens with one attached hydrogen (secondary N) is 1. The highest BCUT2D eigenvalue weighted by Gasteiger charge is 2.32. The number of rotatable bonds is 3. The highest BCUT2D eigenvalue weighted by atomic mass is 15.2. The van der Waals surface area contributed by atoms with Crippen LogP contribution in [0.5, 0.6) is 0 Å². The second-order valence-electron chi connectivity index (χ2n) is 8.42. The van der Waals surface area contributed by atoms with Crippen molar-refractivity contribution in [2.24, 2.45) is 11.3 Å². The fourth-order valence-corrected chi connectivity index (χ4v) is 2.79. The molecule has 1 unspecified atom stereocenters. The van der Waals surface area contributed by atoms with Crippen LogP contribution < -0.4 is 10.2 Å². The van der Waals surface area contributed by atoms with Gasteiger partial charge >= 0.3 is 0 Å². The summed E-state index contributed by atoms with van der Waals surface area (Å²) in [5, 5.41) is 3.54.